The molecule has 184 valence electrons. The largest absolute Gasteiger partial charge is 0.329 e. The first-order chi connectivity index (χ1) is 17.4. The number of amides is 2. The van der Waals surface area contributed by atoms with Crippen molar-refractivity contribution in [1.82, 2.24) is 14.7 Å². The number of nitrogens with one attached hydrogen (secondary N) is 1. The average molecular weight is 545 g/mol. The summed E-state index contributed by atoms with van der Waals surface area (Å²) in [6.07, 6.45) is 0.741. The molecule has 3 aromatic carbocycles. The van der Waals surface area contributed by atoms with E-state index >= 15 is 0 Å². The molecule has 0 atom stereocenters. The maximum Gasteiger partial charge on any atom is 0.254 e. The third-order valence-electron chi connectivity index (χ3n) is 5.87. The van der Waals surface area contributed by atoms with Crippen molar-refractivity contribution in [3.05, 3.63) is 100 Å². The molecule has 0 unspecified atom stereocenters. The molecule has 0 saturated carbocycles. The lowest BCUT2D eigenvalue weighted by Gasteiger charge is -2.22. The minimum Gasteiger partial charge on any atom is -0.329 e. The normalized spacial score (nSPS) is 10.8. The average Bonchev–Trinajstić information content (AvgIpc) is 3.20. The predicted molar refractivity (Wildman–Crippen MR) is 147 cm³/mol. The second-order valence-electron chi connectivity index (χ2n) is 8.70. The monoisotopic (exact) mass is 544 g/mol. The Labute approximate surface area is 220 Å². The topological polar surface area (TPSA) is 67.2 Å². The molecular weight excluding hydrogens is 516 g/mol. The highest BCUT2D eigenvalue weighted by atomic mass is 79.9. The maximum absolute atomic E-state index is 13.4. The number of aromatic nitrogens is 2. The third kappa shape index (κ3) is 5.74. The fraction of sp³-hybridized carbons (Fsp3) is 0.207. The van der Waals surface area contributed by atoms with Gasteiger partial charge < -0.3 is 10.2 Å². The molecule has 7 heteroatoms. The zero-order chi connectivity index (χ0) is 25.7. The minimum atomic E-state index is -0.278. The van der Waals surface area contributed by atoms with E-state index in [0.717, 1.165) is 39.0 Å². The van der Waals surface area contributed by atoms with Gasteiger partial charge in [-0.05, 0) is 62.2 Å². The van der Waals surface area contributed by atoms with Crippen molar-refractivity contribution in [2.75, 3.05) is 18.4 Å². The van der Waals surface area contributed by atoms with E-state index in [1.165, 1.54) is 0 Å². The van der Waals surface area contributed by atoms with Crippen molar-refractivity contribution in [1.29, 1.82) is 0 Å². The third-order valence-corrected chi connectivity index (χ3v) is 6.39. The number of carbonyl (C=O) groups is 2. The van der Waals surface area contributed by atoms with Crippen molar-refractivity contribution >= 4 is 33.6 Å². The highest BCUT2D eigenvalue weighted by molar-refractivity contribution is 9.10. The number of anilines is 1. The van der Waals surface area contributed by atoms with Crippen molar-refractivity contribution < 1.29 is 9.59 Å². The van der Waals surface area contributed by atoms with Gasteiger partial charge in [0.15, 0.2) is 0 Å². The number of hydrogen-bond acceptors (Lipinski definition) is 3. The SMILES string of the molecule is CCCN(CC(=O)Nc1c(-c2ccccc2)c(C)nn1-c1ccc(C)cc1)C(=O)c1ccc(Br)cc1. The number of nitrogens with zero attached hydrogens (tertiary/aromatic N) is 3. The Morgan fingerprint density at radius 2 is 1.61 bits per heavy atom. The van der Waals surface area contributed by atoms with E-state index in [4.69, 9.17) is 5.10 Å². The summed E-state index contributed by atoms with van der Waals surface area (Å²) in [7, 11) is 0. The first kappa shape index (κ1) is 25.4. The number of halogens is 1. The van der Waals surface area contributed by atoms with E-state index in [1.54, 1.807) is 21.7 Å². The highest BCUT2D eigenvalue weighted by Gasteiger charge is 2.23. The lowest BCUT2D eigenvalue weighted by Crippen LogP contribution is -2.38. The Kier molecular flexibility index (Phi) is 8.00. The number of hydrogen-bond donors (Lipinski definition) is 1. The van der Waals surface area contributed by atoms with Crippen LogP contribution in [0.4, 0.5) is 5.82 Å². The van der Waals surface area contributed by atoms with Gasteiger partial charge in [-0.3, -0.25) is 9.59 Å². The number of aryl methyl sites for hydroxylation is 2. The highest BCUT2D eigenvalue weighted by Crippen LogP contribution is 2.33. The summed E-state index contributed by atoms with van der Waals surface area (Å²) in [5, 5.41) is 7.84. The Hall–Kier alpha value is -3.71. The van der Waals surface area contributed by atoms with E-state index in [-0.39, 0.29) is 18.4 Å². The first-order valence-electron chi connectivity index (χ1n) is 11.9. The van der Waals surface area contributed by atoms with Gasteiger partial charge in [-0.2, -0.15) is 5.10 Å². The summed E-state index contributed by atoms with van der Waals surface area (Å²) < 4.78 is 2.66. The summed E-state index contributed by atoms with van der Waals surface area (Å²) in [5.74, 6) is 0.130. The van der Waals surface area contributed by atoms with Crippen LogP contribution in [0.5, 0.6) is 0 Å². The Bertz CT molecular complexity index is 1350. The van der Waals surface area contributed by atoms with Gasteiger partial charge in [0.2, 0.25) is 5.91 Å². The second kappa shape index (κ2) is 11.4. The minimum absolute atomic E-state index is 0.0604. The predicted octanol–water partition coefficient (Wildman–Crippen LogP) is 6.41. The summed E-state index contributed by atoms with van der Waals surface area (Å²) in [5.41, 5.74) is 5.14. The molecule has 36 heavy (non-hydrogen) atoms. The molecule has 4 aromatic rings. The van der Waals surface area contributed by atoms with Gasteiger partial charge in [0.25, 0.3) is 5.91 Å². The molecule has 0 aliphatic rings. The van der Waals surface area contributed by atoms with E-state index in [2.05, 4.69) is 21.2 Å². The Balaban J connectivity index is 1.67. The summed E-state index contributed by atoms with van der Waals surface area (Å²) in [6.45, 7) is 6.37. The molecule has 0 aliphatic carbocycles. The van der Waals surface area contributed by atoms with E-state index < -0.39 is 0 Å². The number of benzene rings is 3. The van der Waals surface area contributed by atoms with Gasteiger partial charge in [0.1, 0.15) is 12.4 Å². The summed E-state index contributed by atoms with van der Waals surface area (Å²) in [4.78, 5) is 28.1. The molecule has 0 spiro atoms. The standard InChI is InChI=1S/C29H29BrN4O2/c1-4-18-33(29(36)23-12-14-24(30)15-13-23)19-26(35)31-28-27(22-8-6-5-7-9-22)21(3)32-34(28)25-16-10-20(2)11-17-25/h5-17H,4,18-19H2,1-3H3,(H,31,35). The van der Waals surface area contributed by atoms with Crippen LogP contribution in [0.3, 0.4) is 0 Å². The van der Waals surface area contributed by atoms with E-state index in [0.29, 0.717) is 17.9 Å². The first-order valence-corrected chi connectivity index (χ1v) is 12.7. The molecule has 0 aliphatic heterocycles. The van der Waals surface area contributed by atoms with Crippen LogP contribution in [0, 0.1) is 13.8 Å². The molecule has 2 amide bonds. The molecule has 1 heterocycles. The quantitative estimate of drug-likeness (QED) is 0.278. The van der Waals surface area contributed by atoms with Gasteiger partial charge in [-0.15, -0.1) is 0 Å². The summed E-state index contributed by atoms with van der Waals surface area (Å²) in [6, 6.07) is 25.0. The van der Waals surface area contributed by atoms with E-state index in [1.807, 2.05) is 87.5 Å². The van der Waals surface area contributed by atoms with Crippen LogP contribution in [-0.4, -0.2) is 39.6 Å². The van der Waals surface area contributed by atoms with Gasteiger partial charge in [-0.1, -0.05) is 70.9 Å². The van der Waals surface area contributed by atoms with Crippen molar-refractivity contribution in [3.8, 4) is 16.8 Å². The fourth-order valence-corrected chi connectivity index (χ4v) is 4.37. The van der Waals surface area contributed by atoms with Crippen LogP contribution < -0.4 is 5.32 Å². The Morgan fingerprint density at radius 3 is 2.25 bits per heavy atom. The molecule has 0 saturated heterocycles. The van der Waals surface area contributed by atoms with Crippen molar-refractivity contribution in [2.24, 2.45) is 0 Å². The van der Waals surface area contributed by atoms with Crippen LogP contribution in [0.25, 0.3) is 16.8 Å². The molecule has 6 nitrogen and oxygen atoms in total. The lowest BCUT2D eigenvalue weighted by molar-refractivity contribution is -0.116. The van der Waals surface area contributed by atoms with Crippen LogP contribution in [0.15, 0.2) is 83.3 Å². The zero-order valence-electron chi connectivity index (χ0n) is 20.7. The smallest absolute Gasteiger partial charge is 0.254 e. The zero-order valence-corrected chi connectivity index (χ0v) is 22.2. The number of carbonyl (C=O) groups excluding carboxylic acids is 2. The molecule has 1 N–H and O–H groups in total. The number of rotatable bonds is 8. The molecule has 0 bridgehead atoms. The fourth-order valence-electron chi connectivity index (χ4n) is 4.11. The van der Waals surface area contributed by atoms with Crippen molar-refractivity contribution in [3.63, 3.8) is 0 Å². The van der Waals surface area contributed by atoms with Crippen LogP contribution in [-0.2, 0) is 4.79 Å². The molecular formula is C29H29BrN4O2. The van der Waals surface area contributed by atoms with Crippen molar-refractivity contribution in [2.45, 2.75) is 27.2 Å². The van der Waals surface area contributed by atoms with E-state index in [9.17, 15) is 9.59 Å². The Morgan fingerprint density at radius 1 is 0.944 bits per heavy atom. The molecule has 1 aromatic heterocycles. The van der Waals surface area contributed by atoms with Gasteiger partial charge >= 0.3 is 0 Å². The second-order valence-corrected chi connectivity index (χ2v) is 9.62. The van der Waals surface area contributed by atoms with Gasteiger partial charge in [0.05, 0.1) is 11.4 Å². The van der Waals surface area contributed by atoms with Crippen LogP contribution in [0.2, 0.25) is 0 Å². The maximum atomic E-state index is 13.4. The molecule has 4 rings (SSSR count). The van der Waals surface area contributed by atoms with Gasteiger partial charge in [0, 0.05) is 22.1 Å². The van der Waals surface area contributed by atoms with Gasteiger partial charge in [-0.25, -0.2) is 4.68 Å². The van der Waals surface area contributed by atoms with Crippen LogP contribution in [0.1, 0.15) is 35.0 Å². The molecule has 0 radical (unpaired) electrons. The van der Waals surface area contributed by atoms with Crippen LogP contribution >= 0.6 is 15.9 Å². The molecule has 0 fully saturated rings. The summed E-state index contributed by atoms with van der Waals surface area (Å²) >= 11 is 3.40. The lowest BCUT2D eigenvalue weighted by atomic mass is 10.1.